The maximum Gasteiger partial charge on any atom is 0.389 e. The van der Waals surface area contributed by atoms with Crippen molar-refractivity contribution in [3.8, 4) is 0 Å². The zero-order chi connectivity index (χ0) is 12.8. The molecule has 0 amide bonds. The average molecular weight is 261 g/mol. The molecule has 3 nitrogen and oxygen atoms in total. The lowest BCUT2D eigenvalue weighted by atomic mass is 10.2. The normalized spacial score (nSPS) is 15.1. The van der Waals surface area contributed by atoms with Crippen LogP contribution in [0.1, 0.15) is 32.6 Å². The van der Waals surface area contributed by atoms with E-state index in [0.717, 1.165) is 0 Å². The summed E-state index contributed by atoms with van der Waals surface area (Å²) in [6.07, 6.45) is -4.85. The van der Waals surface area contributed by atoms with Gasteiger partial charge in [0, 0.05) is 12.5 Å². The fourth-order valence-corrected chi connectivity index (χ4v) is 2.69. The number of sulfone groups is 1. The highest BCUT2D eigenvalue weighted by atomic mass is 32.2. The molecule has 1 atom stereocenters. The van der Waals surface area contributed by atoms with Gasteiger partial charge in [0.2, 0.25) is 0 Å². The van der Waals surface area contributed by atoms with E-state index in [0.29, 0.717) is 6.42 Å². The van der Waals surface area contributed by atoms with Gasteiger partial charge in [-0.3, -0.25) is 0 Å². The quantitative estimate of drug-likeness (QED) is 0.712. The Labute approximate surface area is 94.1 Å². The van der Waals surface area contributed by atoms with Gasteiger partial charge in [-0.05, 0) is 26.2 Å². The minimum absolute atomic E-state index is 0.0450. The second-order valence-corrected chi connectivity index (χ2v) is 6.29. The van der Waals surface area contributed by atoms with Crippen LogP contribution >= 0.6 is 0 Å². The Hall–Kier alpha value is -0.300. The average Bonchev–Trinajstić information content (AvgIpc) is 2.08. The first-order valence-corrected chi connectivity index (χ1v) is 6.97. The van der Waals surface area contributed by atoms with Crippen LogP contribution in [0.25, 0.3) is 0 Å². The van der Waals surface area contributed by atoms with Crippen LogP contribution < -0.4 is 5.73 Å². The molecule has 0 fully saturated rings. The summed E-state index contributed by atoms with van der Waals surface area (Å²) >= 11 is 0. The van der Waals surface area contributed by atoms with Crippen LogP contribution in [0.15, 0.2) is 0 Å². The number of hydrogen-bond acceptors (Lipinski definition) is 3. The smallest absolute Gasteiger partial charge is 0.328 e. The Morgan fingerprint density at radius 2 is 1.75 bits per heavy atom. The second-order valence-electron chi connectivity index (χ2n) is 3.99. The van der Waals surface area contributed by atoms with E-state index in [4.69, 9.17) is 5.73 Å². The third-order valence-electron chi connectivity index (χ3n) is 2.05. The number of halogens is 3. The van der Waals surface area contributed by atoms with E-state index in [1.54, 1.807) is 6.92 Å². The first kappa shape index (κ1) is 15.7. The predicted octanol–water partition coefficient (Wildman–Crippen LogP) is 1.87. The van der Waals surface area contributed by atoms with Crippen LogP contribution in [0.3, 0.4) is 0 Å². The van der Waals surface area contributed by atoms with E-state index in [-0.39, 0.29) is 30.4 Å². The molecule has 0 saturated carbocycles. The van der Waals surface area contributed by atoms with E-state index in [2.05, 4.69) is 0 Å². The second kappa shape index (κ2) is 6.44. The molecule has 0 aliphatic heterocycles. The van der Waals surface area contributed by atoms with Crippen molar-refractivity contribution in [3.63, 3.8) is 0 Å². The molecular formula is C9H18F3NO2S. The van der Waals surface area contributed by atoms with E-state index in [9.17, 15) is 21.6 Å². The lowest BCUT2D eigenvalue weighted by molar-refractivity contribution is -0.135. The van der Waals surface area contributed by atoms with Gasteiger partial charge in [-0.2, -0.15) is 13.2 Å². The molecule has 0 aliphatic carbocycles. The number of hydrogen-bond donors (Lipinski definition) is 1. The standard InChI is InChI=1S/C9H18F3NO2S/c1-8(13)4-7-16(14,15)6-3-2-5-9(10,11)12/h8H,2-7,13H2,1H3. The van der Waals surface area contributed by atoms with Crippen molar-refractivity contribution in [2.24, 2.45) is 5.73 Å². The van der Waals surface area contributed by atoms with Gasteiger partial charge in [-0.1, -0.05) is 0 Å². The monoisotopic (exact) mass is 261 g/mol. The molecule has 0 rings (SSSR count). The fourth-order valence-electron chi connectivity index (χ4n) is 1.11. The van der Waals surface area contributed by atoms with Gasteiger partial charge in [0.15, 0.2) is 0 Å². The van der Waals surface area contributed by atoms with E-state index >= 15 is 0 Å². The van der Waals surface area contributed by atoms with Crippen molar-refractivity contribution in [2.45, 2.75) is 44.8 Å². The van der Waals surface area contributed by atoms with Crippen molar-refractivity contribution >= 4 is 9.84 Å². The van der Waals surface area contributed by atoms with Gasteiger partial charge >= 0.3 is 6.18 Å². The number of nitrogens with two attached hydrogens (primary N) is 1. The molecule has 7 heteroatoms. The first-order valence-electron chi connectivity index (χ1n) is 5.15. The Balaban J connectivity index is 3.75. The largest absolute Gasteiger partial charge is 0.389 e. The molecule has 0 spiro atoms. The topological polar surface area (TPSA) is 60.2 Å². The highest BCUT2D eigenvalue weighted by Crippen LogP contribution is 2.22. The summed E-state index contributed by atoms with van der Waals surface area (Å²) in [5.74, 6) is -0.230. The van der Waals surface area contributed by atoms with Crippen LogP contribution in [0.2, 0.25) is 0 Å². The molecule has 0 bridgehead atoms. The van der Waals surface area contributed by atoms with Gasteiger partial charge < -0.3 is 5.73 Å². The van der Waals surface area contributed by atoms with Crippen molar-refractivity contribution in [1.29, 1.82) is 0 Å². The summed E-state index contributed by atoms with van der Waals surface area (Å²) in [6, 6.07) is -0.204. The maximum atomic E-state index is 11.8. The van der Waals surface area contributed by atoms with Crippen LogP contribution in [-0.2, 0) is 9.84 Å². The molecule has 0 aromatic heterocycles. The lowest BCUT2D eigenvalue weighted by Crippen LogP contribution is -2.21. The number of rotatable bonds is 7. The molecule has 0 saturated heterocycles. The van der Waals surface area contributed by atoms with Crippen LogP contribution in [0.5, 0.6) is 0 Å². The van der Waals surface area contributed by atoms with Crippen molar-refractivity contribution in [3.05, 3.63) is 0 Å². The van der Waals surface area contributed by atoms with Gasteiger partial charge in [-0.15, -0.1) is 0 Å². The zero-order valence-electron chi connectivity index (χ0n) is 9.26. The first-order chi connectivity index (χ1) is 7.12. The van der Waals surface area contributed by atoms with E-state index in [1.807, 2.05) is 0 Å². The van der Waals surface area contributed by atoms with Gasteiger partial charge in [0.05, 0.1) is 11.5 Å². The van der Waals surface area contributed by atoms with Gasteiger partial charge in [0.25, 0.3) is 0 Å². The molecule has 0 aliphatic rings. The Kier molecular flexibility index (Phi) is 6.32. The SMILES string of the molecule is CC(N)CCS(=O)(=O)CCCCC(F)(F)F. The van der Waals surface area contributed by atoms with Crippen LogP contribution in [0, 0.1) is 0 Å². The summed E-state index contributed by atoms with van der Waals surface area (Å²) in [7, 11) is -3.24. The molecule has 16 heavy (non-hydrogen) atoms. The third kappa shape index (κ3) is 10.2. The molecule has 1 unspecified atom stereocenters. The molecule has 0 heterocycles. The van der Waals surface area contributed by atoms with E-state index in [1.165, 1.54) is 0 Å². The summed E-state index contributed by atoms with van der Waals surface area (Å²) in [6.45, 7) is 1.69. The number of alkyl halides is 3. The minimum Gasteiger partial charge on any atom is -0.328 e. The molecule has 0 aromatic carbocycles. The van der Waals surface area contributed by atoms with Crippen LogP contribution in [0.4, 0.5) is 13.2 Å². The minimum atomic E-state index is -4.20. The molecule has 0 radical (unpaired) electrons. The van der Waals surface area contributed by atoms with Gasteiger partial charge in [0.1, 0.15) is 9.84 Å². The molecular weight excluding hydrogens is 243 g/mol. The fraction of sp³-hybridized carbons (Fsp3) is 1.00. The maximum absolute atomic E-state index is 11.8. The summed E-state index contributed by atoms with van der Waals surface area (Å²) < 4.78 is 57.9. The summed E-state index contributed by atoms with van der Waals surface area (Å²) in [5.41, 5.74) is 5.40. The van der Waals surface area contributed by atoms with E-state index < -0.39 is 22.4 Å². The van der Waals surface area contributed by atoms with Crippen molar-refractivity contribution < 1.29 is 21.6 Å². The Morgan fingerprint density at radius 1 is 1.19 bits per heavy atom. The van der Waals surface area contributed by atoms with Gasteiger partial charge in [-0.25, -0.2) is 8.42 Å². The molecule has 2 N–H and O–H groups in total. The Morgan fingerprint density at radius 3 is 2.19 bits per heavy atom. The zero-order valence-corrected chi connectivity index (χ0v) is 10.1. The summed E-state index contributed by atoms with van der Waals surface area (Å²) in [5, 5.41) is 0. The molecule has 98 valence electrons. The van der Waals surface area contributed by atoms with Crippen LogP contribution in [-0.4, -0.2) is 32.1 Å². The summed E-state index contributed by atoms with van der Waals surface area (Å²) in [4.78, 5) is 0. The highest BCUT2D eigenvalue weighted by molar-refractivity contribution is 7.91. The predicted molar refractivity (Wildman–Crippen MR) is 56.8 cm³/mol. The Bertz CT molecular complexity index is 286. The van der Waals surface area contributed by atoms with Crippen molar-refractivity contribution in [1.82, 2.24) is 0 Å². The number of unbranched alkanes of at least 4 members (excludes halogenated alkanes) is 1. The highest BCUT2D eigenvalue weighted by Gasteiger charge is 2.26. The lowest BCUT2D eigenvalue weighted by Gasteiger charge is -2.07. The van der Waals surface area contributed by atoms with Crippen molar-refractivity contribution in [2.75, 3.05) is 11.5 Å². The molecule has 0 aromatic rings. The third-order valence-corrected chi connectivity index (χ3v) is 3.82.